The van der Waals surface area contributed by atoms with Gasteiger partial charge in [0.05, 0.1) is 32.2 Å². The first-order valence-corrected chi connectivity index (χ1v) is 20.9. The molecule has 2 spiro atoms. The lowest BCUT2D eigenvalue weighted by atomic mass is 9.79. The summed E-state index contributed by atoms with van der Waals surface area (Å²) >= 11 is 28.0. The van der Waals surface area contributed by atoms with Gasteiger partial charge in [0, 0.05) is 65.2 Å². The normalized spacial score (nSPS) is 17.4. The van der Waals surface area contributed by atoms with Crippen molar-refractivity contribution in [1.29, 1.82) is 0 Å². The Bertz CT molecular complexity index is 3490. The van der Waals surface area contributed by atoms with Gasteiger partial charge in [0.1, 0.15) is 5.76 Å². The molecule has 0 fully saturated rings. The molecule has 0 aromatic heterocycles. The van der Waals surface area contributed by atoms with Crippen LogP contribution in [-0.2, 0) is 16.1 Å². The van der Waals surface area contributed by atoms with Gasteiger partial charge in [-0.3, -0.25) is 4.79 Å². The minimum atomic E-state index is -1.07. The van der Waals surface area contributed by atoms with E-state index in [1.807, 2.05) is 72.8 Å². The molecular weight excluding hydrogens is 830 g/mol. The lowest BCUT2D eigenvalue weighted by Gasteiger charge is -2.42. The van der Waals surface area contributed by atoms with E-state index in [1.165, 1.54) is 0 Å². The maximum absolute atomic E-state index is 15.1. The SMILES string of the molecule is O=C1C(c2c(Cl)cc3cc(Cl)cc4c3c2NC2(N4)c3ccccc3-c3ccccc32)=C(O)/C1=c1/c(Cl)cc2cc(Cl)cc3c2c1=NC1(N3)c2ccccc2-c2ccccc21. The van der Waals surface area contributed by atoms with Gasteiger partial charge < -0.3 is 21.1 Å². The van der Waals surface area contributed by atoms with Crippen LogP contribution in [0, 0.1) is 0 Å². The third-order valence-electron chi connectivity index (χ3n) is 12.8. The summed E-state index contributed by atoms with van der Waals surface area (Å²) in [5.41, 5.74) is 8.70. The van der Waals surface area contributed by atoms with E-state index in [0.29, 0.717) is 31.9 Å². The van der Waals surface area contributed by atoms with Gasteiger partial charge in [0.25, 0.3) is 0 Å². The molecule has 6 nitrogen and oxygen atoms in total. The molecule has 0 atom stereocenters. The average molecular weight is 857 g/mol. The largest absolute Gasteiger partial charge is 0.506 e. The van der Waals surface area contributed by atoms with Crippen LogP contribution in [0.4, 0.5) is 17.1 Å². The van der Waals surface area contributed by atoms with E-state index < -0.39 is 17.1 Å². The average Bonchev–Trinajstić information content (AvgIpc) is 3.66. The number of halogens is 4. The smallest absolute Gasteiger partial charge is 0.202 e. The predicted octanol–water partition coefficient (Wildman–Crippen LogP) is 12.0. The Hall–Kier alpha value is -6.28. The van der Waals surface area contributed by atoms with Crippen molar-refractivity contribution in [2.45, 2.75) is 11.3 Å². The number of nitrogens with zero attached hydrogens (tertiary/aromatic N) is 1. The zero-order chi connectivity index (χ0) is 40.4. The highest BCUT2D eigenvalue weighted by Crippen LogP contribution is 2.57. The van der Waals surface area contributed by atoms with E-state index in [9.17, 15) is 5.11 Å². The summed E-state index contributed by atoms with van der Waals surface area (Å²) in [6.07, 6.45) is 0. The zero-order valence-electron chi connectivity index (χ0n) is 31.0. The van der Waals surface area contributed by atoms with Gasteiger partial charge in [-0.1, -0.05) is 143 Å². The van der Waals surface area contributed by atoms with Crippen molar-refractivity contribution in [2.24, 2.45) is 4.99 Å². The summed E-state index contributed by atoms with van der Waals surface area (Å²) in [5.74, 6) is -0.636. The molecule has 0 amide bonds. The molecule has 10 heteroatoms. The molecule has 60 heavy (non-hydrogen) atoms. The summed E-state index contributed by atoms with van der Waals surface area (Å²) < 4.78 is 0. The van der Waals surface area contributed by atoms with Crippen LogP contribution < -0.4 is 26.5 Å². The fraction of sp³-hybridized carbons (Fsp3) is 0.0400. The lowest BCUT2D eigenvalue weighted by Crippen LogP contribution is -2.46. The summed E-state index contributed by atoms with van der Waals surface area (Å²) in [4.78, 5) is 20.6. The Balaban J connectivity index is 1.10. The second kappa shape index (κ2) is 11.7. The van der Waals surface area contributed by atoms with Crippen molar-refractivity contribution in [3.8, 4) is 22.3 Å². The number of hydrogen-bond donors (Lipinski definition) is 4. The highest BCUT2D eigenvalue weighted by Gasteiger charge is 2.49. The van der Waals surface area contributed by atoms with E-state index in [-0.39, 0.29) is 27.0 Å². The van der Waals surface area contributed by atoms with Crippen molar-refractivity contribution in [1.82, 2.24) is 0 Å². The fourth-order valence-electron chi connectivity index (χ4n) is 10.5. The first-order chi connectivity index (χ1) is 29.2. The summed E-state index contributed by atoms with van der Waals surface area (Å²) in [5, 5.41) is 29.3. The summed E-state index contributed by atoms with van der Waals surface area (Å²) in [6.45, 7) is 0. The minimum absolute atomic E-state index is 0.0630. The van der Waals surface area contributed by atoms with Gasteiger partial charge in [0.15, 0.2) is 11.3 Å². The van der Waals surface area contributed by atoms with Crippen LogP contribution in [0.5, 0.6) is 0 Å². The van der Waals surface area contributed by atoms with Crippen LogP contribution in [0.15, 0.2) is 144 Å². The Kier molecular flexibility index (Phi) is 6.75. The van der Waals surface area contributed by atoms with E-state index >= 15 is 4.79 Å². The highest BCUT2D eigenvalue weighted by molar-refractivity contribution is 6.54. The highest BCUT2D eigenvalue weighted by atomic mass is 35.5. The van der Waals surface area contributed by atoms with Gasteiger partial charge in [-0.2, -0.15) is 0 Å². The van der Waals surface area contributed by atoms with Crippen LogP contribution in [0.25, 0.3) is 54.9 Å². The zero-order valence-corrected chi connectivity index (χ0v) is 34.0. The molecule has 13 rings (SSSR count). The molecule has 0 radical (unpaired) electrons. The van der Waals surface area contributed by atoms with E-state index in [0.717, 1.165) is 77.4 Å². The number of benzene rings is 8. The van der Waals surface area contributed by atoms with Crippen LogP contribution in [0.1, 0.15) is 27.8 Å². The maximum atomic E-state index is 15.1. The van der Waals surface area contributed by atoms with Gasteiger partial charge in [-0.25, -0.2) is 4.99 Å². The number of anilines is 3. The molecule has 0 saturated carbocycles. The topological polar surface area (TPSA) is 85.8 Å². The third-order valence-corrected chi connectivity index (χ3v) is 13.8. The second-order valence-corrected chi connectivity index (χ2v) is 17.5. The van der Waals surface area contributed by atoms with Crippen LogP contribution in [-0.4, -0.2) is 10.9 Å². The van der Waals surface area contributed by atoms with Gasteiger partial charge >= 0.3 is 0 Å². The molecular formula is C50H26Cl4N4O2. The molecule has 3 aliphatic carbocycles. The van der Waals surface area contributed by atoms with Crippen LogP contribution >= 0.6 is 46.4 Å². The number of rotatable bonds is 1. The minimum Gasteiger partial charge on any atom is -0.506 e. The van der Waals surface area contributed by atoms with Crippen molar-refractivity contribution in [2.75, 3.05) is 16.0 Å². The van der Waals surface area contributed by atoms with Crippen molar-refractivity contribution in [3.63, 3.8) is 0 Å². The predicted molar refractivity (Wildman–Crippen MR) is 243 cm³/mol. The van der Waals surface area contributed by atoms with E-state index in [2.05, 4.69) is 64.5 Å². The number of carbonyl (C=O) groups excluding carboxylic acids is 1. The molecule has 8 aromatic carbocycles. The molecule has 0 unspecified atom stereocenters. The quantitative estimate of drug-likeness (QED) is 0.132. The standard InChI is InChI=1S/C50H26Cl4N4O2/c51-25-17-23-19-35(53)41(45-39(23)37(21-25)55-49(57-45)31-13-5-1-9-27(31)28-10-2-6-14-32(28)49)43-47(59)44(48(43)60)42-36(54)20-24-18-26(52)22-38-40(24)46(42)58-50(56-38)33-15-7-3-11-29(33)30-12-4-8-16-34(30)50/h1-22,55-57,59H/b44-42+. The lowest BCUT2D eigenvalue weighted by molar-refractivity contribution is -0.109. The Morgan fingerprint density at radius 2 is 1.03 bits per heavy atom. The number of carbonyl (C=O) groups is 1. The Morgan fingerprint density at radius 1 is 0.533 bits per heavy atom. The monoisotopic (exact) mass is 854 g/mol. The number of aliphatic hydroxyl groups excluding tert-OH is 1. The number of nitrogens with one attached hydrogen (secondary N) is 3. The Morgan fingerprint density at radius 3 is 1.62 bits per heavy atom. The number of ketones is 1. The molecule has 2 heterocycles. The first-order valence-electron chi connectivity index (χ1n) is 19.4. The number of Topliss-reactive ketones (excluding diaryl/α,β-unsaturated/α-hetero) is 1. The number of allylic oxidation sites excluding steroid dienone is 2. The van der Waals surface area contributed by atoms with Crippen molar-refractivity contribution in [3.05, 3.63) is 198 Å². The van der Waals surface area contributed by atoms with Crippen LogP contribution in [0.2, 0.25) is 20.1 Å². The van der Waals surface area contributed by atoms with E-state index in [4.69, 9.17) is 51.4 Å². The number of aliphatic hydroxyl groups is 1. The summed E-state index contributed by atoms with van der Waals surface area (Å²) in [7, 11) is 0. The first kappa shape index (κ1) is 34.6. The molecule has 8 aromatic rings. The summed E-state index contributed by atoms with van der Waals surface area (Å²) in [6, 6.07) is 43.8. The molecule has 0 bridgehead atoms. The number of fused-ring (bicyclic) bond motifs is 10. The van der Waals surface area contributed by atoms with Crippen LogP contribution in [0.3, 0.4) is 0 Å². The third kappa shape index (κ3) is 4.21. The van der Waals surface area contributed by atoms with Crippen molar-refractivity contribution >= 4 is 102 Å². The molecule has 5 aliphatic rings. The molecule has 0 saturated heterocycles. The van der Waals surface area contributed by atoms with Gasteiger partial charge in [-0.05, 0) is 69.4 Å². The van der Waals surface area contributed by atoms with Gasteiger partial charge in [0.2, 0.25) is 5.78 Å². The molecule has 4 N–H and O–H groups in total. The maximum Gasteiger partial charge on any atom is 0.202 e. The number of hydrogen-bond acceptors (Lipinski definition) is 6. The molecule has 2 aliphatic heterocycles. The molecule has 286 valence electrons. The Labute approximate surface area is 362 Å². The fourth-order valence-corrected chi connectivity index (χ4v) is 11.6. The van der Waals surface area contributed by atoms with E-state index in [1.54, 1.807) is 12.1 Å². The second-order valence-electron chi connectivity index (χ2n) is 15.9. The van der Waals surface area contributed by atoms with Gasteiger partial charge in [-0.15, -0.1) is 0 Å². The van der Waals surface area contributed by atoms with Crippen molar-refractivity contribution < 1.29 is 9.90 Å².